The molecule has 0 spiro atoms. The van der Waals surface area contributed by atoms with Crippen molar-refractivity contribution in [3.05, 3.63) is 5.82 Å². The predicted molar refractivity (Wildman–Crippen MR) is 45.4 cm³/mol. The Morgan fingerprint density at radius 2 is 2.42 bits per heavy atom. The Morgan fingerprint density at radius 3 is 2.83 bits per heavy atom. The first-order chi connectivity index (χ1) is 5.59. The van der Waals surface area contributed by atoms with Crippen LogP contribution in [0.4, 0.5) is 11.6 Å². The van der Waals surface area contributed by atoms with Gasteiger partial charge >= 0.3 is 0 Å². The molecule has 0 aromatic carbocycles. The average Bonchev–Trinajstić information content (AvgIpc) is 2.26. The monoisotopic (exact) mass is 169 g/mol. The van der Waals surface area contributed by atoms with Crippen molar-refractivity contribution in [3.8, 4) is 0 Å². The number of imidazole rings is 1. The number of anilines is 2. The zero-order chi connectivity index (χ0) is 9.14. The number of aromatic nitrogens is 2. The van der Waals surface area contributed by atoms with Crippen LogP contribution in [-0.2, 0) is 4.79 Å². The van der Waals surface area contributed by atoms with Gasteiger partial charge in [-0.1, -0.05) is 0 Å². The Kier molecular flexibility index (Phi) is 2.18. The van der Waals surface area contributed by atoms with Gasteiger partial charge in [-0.2, -0.15) is 0 Å². The Hall–Kier alpha value is -1.72. The van der Waals surface area contributed by atoms with Crippen LogP contribution in [0.2, 0.25) is 0 Å². The number of primary amides is 1. The van der Waals surface area contributed by atoms with Gasteiger partial charge in [-0.3, -0.25) is 4.79 Å². The standard InChI is InChI=1S/C6H11N5O/c1-3-10-5(8)6(11-3)9-2-4(7)12/h9H,2,8H2,1H3,(H2,7,12)(H,10,11). The third-order valence-electron chi connectivity index (χ3n) is 1.28. The van der Waals surface area contributed by atoms with Crippen molar-refractivity contribution in [1.82, 2.24) is 9.97 Å². The number of aromatic amines is 1. The van der Waals surface area contributed by atoms with Crippen LogP contribution in [0.5, 0.6) is 0 Å². The van der Waals surface area contributed by atoms with Crippen molar-refractivity contribution in [2.75, 3.05) is 17.6 Å². The normalized spacial score (nSPS) is 9.75. The zero-order valence-corrected chi connectivity index (χ0v) is 6.72. The fourth-order valence-corrected chi connectivity index (χ4v) is 0.816. The van der Waals surface area contributed by atoms with Gasteiger partial charge in [0.25, 0.3) is 0 Å². The van der Waals surface area contributed by atoms with Crippen molar-refractivity contribution < 1.29 is 4.79 Å². The van der Waals surface area contributed by atoms with Crippen molar-refractivity contribution in [2.45, 2.75) is 6.92 Å². The molecule has 0 unspecified atom stereocenters. The SMILES string of the molecule is Cc1nc(NCC(N)=O)c(N)[nH]1. The lowest BCUT2D eigenvalue weighted by molar-refractivity contribution is -0.116. The number of rotatable bonds is 3. The number of nitrogens with zero attached hydrogens (tertiary/aromatic N) is 1. The second kappa shape index (κ2) is 3.12. The molecule has 6 heteroatoms. The van der Waals surface area contributed by atoms with Gasteiger partial charge in [-0.25, -0.2) is 4.98 Å². The number of carbonyl (C=O) groups excluding carboxylic acids is 1. The molecule has 0 bridgehead atoms. The molecule has 1 heterocycles. The number of hydrogen-bond acceptors (Lipinski definition) is 4. The average molecular weight is 169 g/mol. The van der Waals surface area contributed by atoms with Gasteiger partial charge in [0, 0.05) is 0 Å². The molecule has 1 rings (SSSR count). The molecular formula is C6H11N5O. The van der Waals surface area contributed by atoms with Crippen LogP contribution in [0, 0.1) is 6.92 Å². The lowest BCUT2D eigenvalue weighted by Crippen LogP contribution is -2.22. The summed E-state index contributed by atoms with van der Waals surface area (Å²) in [5.74, 6) is 1.12. The number of nitrogens with one attached hydrogen (secondary N) is 2. The molecule has 6 nitrogen and oxygen atoms in total. The molecule has 0 saturated carbocycles. The van der Waals surface area contributed by atoms with Gasteiger partial charge in [0.1, 0.15) is 11.6 Å². The lowest BCUT2D eigenvalue weighted by atomic mass is 10.5. The summed E-state index contributed by atoms with van der Waals surface area (Å²) >= 11 is 0. The molecular weight excluding hydrogens is 158 g/mol. The quantitative estimate of drug-likeness (QED) is 0.474. The first-order valence-corrected chi connectivity index (χ1v) is 3.44. The third-order valence-corrected chi connectivity index (χ3v) is 1.28. The number of aryl methyl sites for hydroxylation is 1. The van der Waals surface area contributed by atoms with E-state index in [1.54, 1.807) is 6.92 Å². The maximum atomic E-state index is 10.4. The minimum atomic E-state index is -0.449. The molecule has 6 N–H and O–H groups in total. The number of hydrogen-bond donors (Lipinski definition) is 4. The Balaban J connectivity index is 2.62. The van der Waals surface area contributed by atoms with Crippen molar-refractivity contribution >= 4 is 17.5 Å². The number of amides is 1. The fraction of sp³-hybridized carbons (Fsp3) is 0.333. The minimum Gasteiger partial charge on any atom is -0.382 e. The summed E-state index contributed by atoms with van der Waals surface area (Å²) in [5.41, 5.74) is 10.4. The highest BCUT2D eigenvalue weighted by Gasteiger charge is 2.03. The van der Waals surface area contributed by atoms with Gasteiger partial charge in [0.05, 0.1) is 6.54 Å². The summed E-state index contributed by atoms with van der Waals surface area (Å²) in [6, 6.07) is 0. The molecule has 1 aromatic rings. The van der Waals surface area contributed by atoms with Gasteiger partial charge in [-0.15, -0.1) is 0 Å². The molecule has 12 heavy (non-hydrogen) atoms. The van der Waals surface area contributed by atoms with Crippen molar-refractivity contribution in [2.24, 2.45) is 5.73 Å². The summed E-state index contributed by atoms with van der Waals surface area (Å²) in [4.78, 5) is 17.1. The number of carbonyl (C=O) groups is 1. The molecule has 1 aromatic heterocycles. The largest absolute Gasteiger partial charge is 0.382 e. The maximum Gasteiger partial charge on any atom is 0.236 e. The van der Waals surface area contributed by atoms with E-state index in [0.29, 0.717) is 17.5 Å². The predicted octanol–water partition coefficient (Wildman–Crippen LogP) is -0.802. The molecule has 0 fully saturated rings. The molecule has 0 aliphatic carbocycles. The zero-order valence-electron chi connectivity index (χ0n) is 6.72. The lowest BCUT2D eigenvalue weighted by Gasteiger charge is -1.98. The van der Waals surface area contributed by atoms with Crippen molar-refractivity contribution in [1.29, 1.82) is 0 Å². The molecule has 1 amide bonds. The molecule has 0 radical (unpaired) electrons. The smallest absolute Gasteiger partial charge is 0.236 e. The number of H-pyrrole nitrogens is 1. The second-order valence-electron chi connectivity index (χ2n) is 2.40. The number of nitrogen functional groups attached to an aromatic ring is 1. The highest BCUT2D eigenvalue weighted by molar-refractivity contribution is 5.79. The Labute approximate surface area is 69.3 Å². The van der Waals surface area contributed by atoms with E-state index in [4.69, 9.17) is 11.5 Å². The second-order valence-corrected chi connectivity index (χ2v) is 2.40. The van der Waals surface area contributed by atoms with Crippen molar-refractivity contribution in [3.63, 3.8) is 0 Å². The summed E-state index contributed by atoms with van der Waals surface area (Å²) in [6.45, 7) is 1.81. The van der Waals surface area contributed by atoms with E-state index in [1.165, 1.54) is 0 Å². The topological polar surface area (TPSA) is 110 Å². The Bertz CT molecular complexity index is 292. The van der Waals surface area contributed by atoms with Crippen LogP contribution in [0.15, 0.2) is 0 Å². The summed E-state index contributed by atoms with van der Waals surface area (Å²) in [6.07, 6.45) is 0. The van der Waals surface area contributed by atoms with Crippen LogP contribution in [0.1, 0.15) is 5.82 Å². The first-order valence-electron chi connectivity index (χ1n) is 3.44. The van der Waals surface area contributed by atoms with Crippen LogP contribution in [0.3, 0.4) is 0 Å². The minimum absolute atomic E-state index is 0.0362. The highest BCUT2D eigenvalue weighted by Crippen LogP contribution is 2.12. The van der Waals surface area contributed by atoms with Crippen LogP contribution < -0.4 is 16.8 Å². The van der Waals surface area contributed by atoms with E-state index in [9.17, 15) is 4.79 Å². The van der Waals surface area contributed by atoms with Gasteiger partial charge in [0.2, 0.25) is 5.91 Å². The van der Waals surface area contributed by atoms with E-state index in [2.05, 4.69) is 15.3 Å². The number of nitrogens with two attached hydrogens (primary N) is 2. The third kappa shape index (κ3) is 1.88. The van der Waals surface area contributed by atoms with E-state index >= 15 is 0 Å². The van der Waals surface area contributed by atoms with Gasteiger partial charge in [0.15, 0.2) is 5.82 Å². The van der Waals surface area contributed by atoms with E-state index in [1.807, 2.05) is 0 Å². The molecule has 0 atom stereocenters. The highest BCUT2D eigenvalue weighted by atomic mass is 16.1. The summed E-state index contributed by atoms with van der Waals surface area (Å²) in [5, 5.41) is 2.69. The van der Waals surface area contributed by atoms with E-state index in [-0.39, 0.29) is 6.54 Å². The summed E-state index contributed by atoms with van der Waals surface area (Å²) < 4.78 is 0. The van der Waals surface area contributed by atoms with E-state index in [0.717, 1.165) is 0 Å². The van der Waals surface area contributed by atoms with Gasteiger partial charge in [-0.05, 0) is 6.92 Å². The Morgan fingerprint density at radius 1 is 1.75 bits per heavy atom. The van der Waals surface area contributed by atoms with E-state index < -0.39 is 5.91 Å². The summed E-state index contributed by atoms with van der Waals surface area (Å²) in [7, 11) is 0. The molecule has 0 saturated heterocycles. The van der Waals surface area contributed by atoms with Crippen LogP contribution in [0.25, 0.3) is 0 Å². The van der Waals surface area contributed by atoms with Crippen LogP contribution >= 0.6 is 0 Å². The van der Waals surface area contributed by atoms with Gasteiger partial charge < -0.3 is 21.8 Å². The molecule has 66 valence electrons. The molecule has 0 aliphatic heterocycles. The maximum absolute atomic E-state index is 10.4. The first kappa shape index (κ1) is 8.38. The van der Waals surface area contributed by atoms with Crippen LogP contribution in [-0.4, -0.2) is 22.4 Å². The fourth-order valence-electron chi connectivity index (χ4n) is 0.816. The molecule has 0 aliphatic rings.